The second-order valence-corrected chi connectivity index (χ2v) is 8.36. The molecule has 0 saturated carbocycles. The molecule has 2 heterocycles. The smallest absolute Gasteiger partial charge is 0.235 e. The molecule has 2 aromatic heterocycles. The zero-order chi connectivity index (χ0) is 17.8. The van der Waals surface area contributed by atoms with Gasteiger partial charge in [-0.25, -0.2) is 12.8 Å². The van der Waals surface area contributed by atoms with Crippen molar-refractivity contribution in [1.82, 2.24) is 15.2 Å². The highest BCUT2D eigenvalue weighted by atomic mass is 32.2. The average molecular weight is 358 g/mol. The minimum Gasteiger partial charge on any atom is -0.280 e. The molecule has 0 aliphatic heterocycles. The number of nitrogens with zero attached hydrogens (tertiary/aromatic N) is 2. The summed E-state index contributed by atoms with van der Waals surface area (Å²) >= 11 is 0. The van der Waals surface area contributed by atoms with Gasteiger partial charge < -0.3 is 0 Å². The predicted molar refractivity (Wildman–Crippen MR) is 96.5 cm³/mol. The van der Waals surface area contributed by atoms with Gasteiger partial charge in [-0.05, 0) is 36.8 Å². The van der Waals surface area contributed by atoms with E-state index in [1.165, 1.54) is 19.9 Å². The third-order valence-electron chi connectivity index (χ3n) is 4.31. The van der Waals surface area contributed by atoms with E-state index in [-0.39, 0.29) is 11.1 Å². The monoisotopic (exact) mass is 358 g/mol. The Hall–Kier alpha value is -2.74. The maximum absolute atomic E-state index is 15.2. The van der Waals surface area contributed by atoms with Gasteiger partial charge in [0.05, 0.1) is 22.7 Å². The molecule has 128 valence electrons. The Morgan fingerprint density at radius 3 is 2.64 bits per heavy atom. The Balaban J connectivity index is 2.09. The van der Waals surface area contributed by atoms with Crippen molar-refractivity contribution in [2.45, 2.75) is 19.1 Å². The number of benzene rings is 2. The van der Waals surface area contributed by atoms with Gasteiger partial charge in [0.2, 0.25) is 10.0 Å². The SMILES string of the molecule is CC(C)S(=O)(=O)Nc1ccc2c3cnccc3c3cn[nH]c3c2c1F. The van der Waals surface area contributed by atoms with Crippen molar-refractivity contribution < 1.29 is 12.8 Å². The van der Waals surface area contributed by atoms with E-state index in [9.17, 15) is 8.42 Å². The summed E-state index contributed by atoms with van der Waals surface area (Å²) in [5, 5.41) is 9.55. The molecule has 0 amide bonds. The van der Waals surface area contributed by atoms with Crippen molar-refractivity contribution in [3.05, 3.63) is 42.6 Å². The predicted octanol–water partition coefficient (Wildman–Crippen LogP) is 3.55. The van der Waals surface area contributed by atoms with Crippen LogP contribution in [-0.2, 0) is 10.0 Å². The van der Waals surface area contributed by atoms with Gasteiger partial charge in [-0.1, -0.05) is 6.07 Å². The fourth-order valence-corrected chi connectivity index (χ4v) is 3.62. The van der Waals surface area contributed by atoms with Crippen LogP contribution in [0.5, 0.6) is 0 Å². The first kappa shape index (κ1) is 15.8. The molecule has 0 unspecified atom stereocenters. The highest BCUT2D eigenvalue weighted by Gasteiger charge is 2.21. The van der Waals surface area contributed by atoms with Gasteiger partial charge in [-0.3, -0.25) is 14.8 Å². The molecule has 0 radical (unpaired) electrons. The highest BCUT2D eigenvalue weighted by Crippen LogP contribution is 2.37. The lowest BCUT2D eigenvalue weighted by atomic mass is 9.99. The van der Waals surface area contributed by atoms with Crippen LogP contribution in [0, 0.1) is 5.82 Å². The third-order valence-corrected chi connectivity index (χ3v) is 6.05. The first-order valence-corrected chi connectivity index (χ1v) is 9.27. The number of anilines is 1. The molecule has 6 nitrogen and oxygen atoms in total. The van der Waals surface area contributed by atoms with Crippen LogP contribution < -0.4 is 4.72 Å². The summed E-state index contributed by atoms with van der Waals surface area (Å²) in [5.41, 5.74) is 0.442. The minimum atomic E-state index is -3.65. The number of H-pyrrole nitrogens is 1. The first-order chi connectivity index (χ1) is 11.9. The van der Waals surface area contributed by atoms with E-state index in [1.807, 2.05) is 6.07 Å². The summed E-state index contributed by atoms with van der Waals surface area (Å²) in [4.78, 5) is 4.12. The molecular formula is C17H15FN4O2S. The number of aromatic nitrogens is 3. The van der Waals surface area contributed by atoms with E-state index in [1.54, 1.807) is 24.7 Å². The molecule has 0 aliphatic carbocycles. The van der Waals surface area contributed by atoms with Crippen LogP contribution in [-0.4, -0.2) is 28.8 Å². The number of pyridine rings is 1. The Morgan fingerprint density at radius 1 is 1.08 bits per heavy atom. The van der Waals surface area contributed by atoms with Crippen molar-refractivity contribution in [3.63, 3.8) is 0 Å². The third kappa shape index (κ3) is 2.32. The lowest BCUT2D eigenvalue weighted by Crippen LogP contribution is -2.23. The summed E-state index contributed by atoms with van der Waals surface area (Å²) in [6.07, 6.45) is 4.96. The van der Waals surface area contributed by atoms with E-state index in [0.717, 1.165) is 16.2 Å². The standard InChI is InChI=1S/C17H15FN4O2S/c1-9(2)25(23,24)22-14-4-3-11-12-7-19-6-5-10(12)13-8-20-21-17(13)15(11)16(14)18/h3-9,22H,1-2H3,(H,20,21). The van der Waals surface area contributed by atoms with Gasteiger partial charge in [0.15, 0.2) is 5.82 Å². The molecule has 4 rings (SSSR count). The number of nitrogens with one attached hydrogen (secondary N) is 2. The van der Waals surface area contributed by atoms with Crippen LogP contribution >= 0.6 is 0 Å². The van der Waals surface area contributed by atoms with Crippen molar-refractivity contribution in [2.24, 2.45) is 0 Å². The summed E-state index contributed by atoms with van der Waals surface area (Å²) in [7, 11) is -3.65. The van der Waals surface area contributed by atoms with Crippen LogP contribution in [0.4, 0.5) is 10.1 Å². The molecule has 2 N–H and O–H groups in total. The second-order valence-electron chi connectivity index (χ2n) is 6.13. The van der Waals surface area contributed by atoms with E-state index < -0.39 is 21.1 Å². The van der Waals surface area contributed by atoms with Gasteiger partial charge in [0.25, 0.3) is 0 Å². The summed E-state index contributed by atoms with van der Waals surface area (Å²) < 4.78 is 41.7. The van der Waals surface area contributed by atoms with Crippen molar-refractivity contribution in [3.8, 4) is 0 Å². The molecule has 0 fully saturated rings. The molecule has 0 aliphatic rings. The number of rotatable bonds is 3. The van der Waals surface area contributed by atoms with Crippen LogP contribution in [0.15, 0.2) is 36.8 Å². The molecular weight excluding hydrogens is 343 g/mol. The average Bonchev–Trinajstić information content (AvgIpc) is 3.06. The number of hydrogen-bond acceptors (Lipinski definition) is 4. The fourth-order valence-electron chi connectivity index (χ4n) is 2.92. The highest BCUT2D eigenvalue weighted by molar-refractivity contribution is 7.93. The van der Waals surface area contributed by atoms with Crippen molar-refractivity contribution >= 4 is 48.2 Å². The van der Waals surface area contributed by atoms with Crippen LogP contribution in [0.2, 0.25) is 0 Å². The maximum Gasteiger partial charge on any atom is 0.235 e. The lowest BCUT2D eigenvalue weighted by Gasteiger charge is -2.14. The topological polar surface area (TPSA) is 87.7 Å². The molecule has 8 heteroatoms. The van der Waals surface area contributed by atoms with Crippen molar-refractivity contribution in [1.29, 1.82) is 0 Å². The molecule has 0 atom stereocenters. The van der Waals surface area contributed by atoms with Gasteiger partial charge in [0.1, 0.15) is 0 Å². The quantitative estimate of drug-likeness (QED) is 0.548. The van der Waals surface area contributed by atoms with E-state index in [0.29, 0.717) is 10.9 Å². The van der Waals surface area contributed by atoms with E-state index in [4.69, 9.17) is 0 Å². The van der Waals surface area contributed by atoms with Crippen LogP contribution in [0.25, 0.3) is 32.4 Å². The van der Waals surface area contributed by atoms with Crippen LogP contribution in [0.1, 0.15) is 13.8 Å². The Bertz CT molecular complexity index is 1230. The van der Waals surface area contributed by atoms with E-state index in [2.05, 4.69) is 19.9 Å². The fraction of sp³-hybridized carbons (Fsp3) is 0.176. The Labute approximate surface area is 143 Å². The summed E-state index contributed by atoms with van der Waals surface area (Å²) in [5.74, 6) is -0.637. The van der Waals surface area contributed by atoms with Crippen molar-refractivity contribution in [2.75, 3.05) is 4.72 Å². The number of hydrogen-bond donors (Lipinski definition) is 2. The zero-order valence-corrected chi connectivity index (χ0v) is 14.4. The second kappa shape index (κ2) is 5.38. The normalized spacial score (nSPS) is 12.5. The van der Waals surface area contributed by atoms with Crippen LogP contribution in [0.3, 0.4) is 0 Å². The number of aromatic amines is 1. The van der Waals surface area contributed by atoms with Gasteiger partial charge in [0, 0.05) is 28.6 Å². The minimum absolute atomic E-state index is 0.0830. The lowest BCUT2D eigenvalue weighted by molar-refractivity contribution is 0.591. The first-order valence-electron chi connectivity index (χ1n) is 7.73. The summed E-state index contributed by atoms with van der Waals surface area (Å²) in [6.45, 7) is 3.07. The Kier molecular flexibility index (Phi) is 3.40. The van der Waals surface area contributed by atoms with Gasteiger partial charge >= 0.3 is 0 Å². The number of fused-ring (bicyclic) bond motifs is 6. The van der Waals surface area contributed by atoms with Gasteiger partial charge in [-0.2, -0.15) is 5.10 Å². The molecule has 0 bridgehead atoms. The Morgan fingerprint density at radius 2 is 1.88 bits per heavy atom. The number of halogens is 1. The molecule has 25 heavy (non-hydrogen) atoms. The zero-order valence-electron chi connectivity index (χ0n) is 13.5. The molecule has 2 aromatic carbocycles. The molecule has 4 aromatic rings. The largest absolute Gasteiger partial charge is 0.280 e. The summed E-state index contributed by atoms with van der Waals surface area (Å²) in [6, 6.07) is 4.98. The number of sulfonamides is 1. The van der Waals surface area contributed by atoms with E-state index >= 15 is 4.39 Å². The van der Waals surface area contributed by atoms with Gasteiger partial charge in [-0.15, -0.1) is 0 Å². The molecule has 0 saturated heterocycles. The maximum atomic E-state index is 15.2. The molecule has 0 spiro atoms.